The summed E-state index contributed by atoms with van der Waals surface area (Å²) in [5.41, 5.74) is 3.11. The van der Waals surface area contributed by atoms with Gasteiger partial charge in [-0.25, -0.2) is 4.79 Å². The summed E-state index contributed by atoms with van der Waals surface area (Å²) in [5, 5.41) is 14.6. The molecular weight excluding hydrogens is 474 g/mol. The molecule has 2 fully saturated rings. The number of carbonyl (C=O) groups is 4. The number of carboxylic acids is 1. The summed E-state index contributed by atoms with van der Waals surface area (Å²) in [6, 6.07) is 13.8. The average molecular weight is 508 g/mol. The van der Waals surface area contributed by atoms with Crippen molar-refractivity contribution in [3.05, 3.63) is 59.7 Å². The number of carbonyl (C=O) groups excluding carboxylic acids is 3. The topological polar surface area (TPSA) is 122 Å². The monoisotopic (exact) mass is 507 g/mol. The number of nitrogens with zero attached hydrogens (tertiary/aromatic N) is 3. The van der Waals surface area contributed by atoms with Crippen LogP contribution < -0.4 is 10.6 Å². The van der Waals surface area contributed by atoms with Gasteiger partial charge in [0.25, 0.3) is 0 Å². The highest BCUT2D eigenvalue weighted by Crippen LogP contribution is 2.22. The Labute approximate surface area is 216 Å². The Hall–Kier alpha value is -3.92. The second-order valence-corrected chi connectivity index (χ2v) is 9.51. The Morgan fingerprint density at radius 1 is 0.919 bits per heavy atom. The SMILES string of the molecule is Cc1ccccc1NC(=O)Nc1ccc(CC(=O)N2CCC[C@H]2C(=O)N2CCN(CC(=O)O)CC2)cc1. The highest BCUT2D eigenvalue weighted by Gasteiger charge is 2.37. The van der Waals surface area contributed by atoms with Gasteiger partial charge in [-0.1, -0.05) is 30.3 Å². The average Bonchev–Trinajstić information content (AvgIpc) is 3.37. The Kier molecular flexibility index (Phi) is 8.39. The van der Waals surface area contributed by atoms with Gasteiger partial charge >= 0.3 is 12.0 Å². The summed E-state index contributed by atoms with van der Waals surface area (Å²) >= 11 is 0. The first-order valence-electron chi connectivity index (χ1n) is 12.5. The van der Waals surface area contributed by atoms with Gasteiger partial charge < -0.3 is 25.5 Å². The van der Waals surface area contributed by atoms with Gasteiger partial charge in [0.15, 0.2) is 0 Å². The van der Waals surface area contributed by atoms with E-state index >= 15 is 0 Å². The van der Waals surface area contributed by atoms with Gasteiger partial charge in [-0.05, 0) is 49.1 Å². The fraction of sp³-hybridized carbons (Fsp3) is 0.407. The molecule has 0 aliphatic carbocycles. The summed E-state index contributed by atoms with van der Waals surface area (Å²) in [7, 11) is 0. The molecule has 1 atom stereocenters. The Morgan fingerprint density at radius 3 is 2.30 bits per heavy atom. The van der Waals surface area contributed by atoms with E-state index in [1.54, 1.807) is 34.1 Å². The van der Waals surface area contributed by atoms with Gasteiger partial charge in [0, 0.05) is 44.1 Å². The second kappa shape index (κ2) is 11.9. The lowest BCUT2D eigenvalue weighted by atomic mass is 10.1. The number of likely N-dealkylation sites (tertiary alicyclic amines) is 1. The van der Waals surface area contributed by atoms with Crippen molar-refractivity contribution < 1.29 is 24.3 Å². The van der Waals surface area contributed by atoms with Gasteiger partial charge in [0.2, 0.25) is 11.8 Å². The van der Waals surface area contributed by atoms with Crippen molar-refractivity contribution in [1.29, 1.82) is 0 Å². The van der Waals surface area contributed by atoms with Crippen LogP contribution in [0.1, 0.15) is 24.0 Å². The summed E-state index contributed by atoms with van der Waals surface area (Å²) in [5.74, 6) is -1.03. The minimum atomic E-state index is -0.873. The number of nitrogens with one attached hydrogen (secondary N) is 2. The van der Waals surface area contributed by atoms with Crippen molar-refractivity contribution in [2.45, 2.75) is 32.2 Å². The van der Waals surface area contributed by atoms with Crippen molar-refractivity contribution in [1.82, 2.24) is 14.7 Å². The van der Waals surface area contributed by atoms with Crippen LogP contribution in [0, 0.1) is 6.92 Å². The van der Waals surface area contributed by atoms with Crippen molar-refractivity contribution in [3.8, 4) is 0 Å². The lowest BCUT2D eigenvalue weighted by Gasteiger charge is -2.36. The van der Waals surface area contributed by atoms with Crippen LogP contribution in [0.3, 0.4) is 0 Å². The summed E-state index contributed by atoms with van der Waals surface area (Å²) < 4.78 is 0. The lowest BCUT2D eigenvalue weighted by Crippen LogP contribution is -2.55. The van der Waals surface area contributed by atoms with E-state index in [-0.39, 0.29) is 30.8 Å². The fourth-order valence-electron chi connectivity index (χ4n) is 4.83. The van der Waals surface area contributed by atoms with Crippen LogP contribution in [0.4, 0.5) is 16.2 Å². The third kappa shape index (κ3) is 6.85. The van der Waals surface area contributed by atoms with Gasteiger partial charge in [0.05, 0.1) is 13.0 Å². The van der Waals surface area contributed by atoms with Crippen molar-refractivity contribution in [2.24, 2.45) is 0 Å². The summed E-state index contributed by atoms with van der Waals surface area (Å²) in [6.45, 7) is 4.41. The van der Waals surface area contributed by atoms with E-state index in [0.717, 1.165) is 23.2 Å². The van der Waals surface area contributed by atoms with Crippen LogP contribution in [-0.2, 0) is 20.8 Å². The number of amides is 4. The van der Waals surface area contributed by atoms with Crippen molar-refractivity contribution >= 4 is 35.2 Å². The maximum Gasteiger partial charge on any atom is 0.323 e. The zero-order valence-corrected chi connectivity index (χ0v) is 21.0. The van der Waals surface area contributed by atoms with E-state index in [1.807, 2.05) is 36.1 Å². The maximum atomic E-state index is 13.1. The third-order valence-corrected chi connectivity index (χ3v) is 6.86. The van der Waals surface area contributed by atoms with E-state index in [4.69, 9.17) is 5.11 Å². The number of hydrogen-bond acceptors (Lipinski definition) is 5. The lowest BCUT2D eigenvalue weighted by molar-refractivity contribution is -0.145. The Balaban J connectivity index is 1.28. The molecule has 0 radical (unpaired) electrons. The minimum Gasteiger partial charge on any atom is -0.480 e. The molecule has 2 aliphatic heterocycles. The molecular formula is C27H33N5O5. The first-order valence-corrected chi connectivity index (χ1v) is 12.5. The number of aryl methyl sites for hydroxylation is 1. The van der Waals surface area contributed by atoms with E-state index in [1.165, 1.54) is 0 Å². The van der Waals surface area contributed by atoms with Crippen LogP contribution in [0.5, 0.6) is 0 Å². The van der Waals surface area contributed by atoms with Crippen LogP contribution in [0.15, 0.2) is 48.5 Å². The Bertz CT molecular complexity index is 1140. The quantitative estimate of drug-likeness (QED) is 0.529. The van der Waals surface area contributed by atoms with E-state index in [2.05, 4.69) is 10.6 Å². The predicted octanol–water partition coefficient (Wildman–Crippen LogP) is 2.40. The molecule has 4 rings (SSSR count). The molecule has 2 aromatic carbocycles. The molecule has 2 aromatic rings. The van der Waals surface area contributed by atoms with Gasteiger partial charge in [-0.2, -0.15) is 0 Å². The summed E-state index contributed by atoms with van der Waals surface area (Å²) in [6.07, 6.45) is 1.59. The van der Waals surface area contributed by atoms with Gasteiger partial charge in [0.1, 0.15) is 6.04 Å². The number of anilines is 2. The highest BCUT2D eigenvalue weighted by molar-refractivity contribution is 6.00. The number of hydrogen-bond donors (Lipinski definition) is 3. The van der Waals surface area contributed by atoms with Crippen LogP contribution in [-0.4, -0.2) is 88.9 Å². The molecule has 37 heavy (non-hydrogen) atoms. The number of carboxylic acid groups (broad SMARTS) is 1. The molecule has 10 nitrogen and oxygen atoms in total. The fourth-order valence-corrected chi connectivity index (χ4v) is 4.83. The zero-order chi connectivity index (χ0) is 26.4. The molecule has 10 heteroatoms. The highest BCUT2D eigenvalue weighted by atomic mass is 16.4. The molecule has 0 saturated carbocycles. The molecule has 2 aliphatic rings. The molecule has 0 aromatic heterocycles. The van der Waals surface area contributed by atoms with Crippen LogP contribution in [0.2, 0.25) is 0 Å². The molecule has 2 heterocycles. The summed E-state index contributed by atoms with van der Waals surface area (Å²) in [4.78, 5) is 54.7. The van der Waals surface area contributed by atoms with Gasteiger partial charge in [-0.15, -0.1) is 0 Å². The van der Waals surface area contributed by atoms with Crippen LogP contribution in [0.25, 0.3) is 0 Å². The molecule has 4 amide bonds. The first-order chi connectivity index (χ1) is 17.8. The number of piperazine rings is 1. The first kappa shape index (κ1) is 26.2. The van der Waals surface area contributed by atoms with Crippen molar-refractivity contribution in [3.63, 3.8) is 0 Å². The van der Waals surface area contributed by atoms with E-state index in [0.29, 0.717) is 44.8 Å². The molecule has 2 saturated heterocycles. The normalized spacial score (nSPS) is 17.9. The zero-order valence-electron chi connectivity index (χ0n) is 21.0. The third-order valence-electron chi connectivity index (χ3n) is 6.86. The largest absolute Gasteiger partial charge is 0.480 e. The van der Waals surface area contributed by atoms with Gasteiger partial charge in [-0.3, -0.25) is 19.3 Å². The molecule has 0 unspecified atom stereocenters. The van der Waals surface area contributed by atoms with E-state index < -0.39 is 12.0 Å². The van der Waals surface area contributed by atoms with Crippen LogP contribution >= 0.6 is 0 Å². The number of benzene rings is 2. The maximum absolute atomic E-state index is 13.1. The Morgan fingerprint density at radius 2 is 1.62 bits per heavy atom. The second-order valence-electron chi connectivity index (χ2n) is 9.51. The van der Waals surface area contributed by atoms with Crippen molar-refractivity contribution in [2.75, 3.05) is 49.9 Å². The number of aliphatic carboxylic acids is 1. The number of urea groups is 1. The van der Waals surface area contributed by atoms with E-state index in [9.17, 15) is 19.2 Å². The molecule has 0 spiro atoms. The standard InChI is InChI=1S/C27H33N5O5/c1-19-5-2-3-6-22(19)29-27(37)28-21-10-8-20(9-11-21)17-24(33)32-12-4-7-23(32)26(36)31-15-13-30(14-16-31)18-25(34)35/h2-3,5-6,8-11,23H,4,7,12-18H2,1H3,(H,34,35)(H2,28,29,37)/t23-/m0/s1. The predicted molar refractivity (Wildman–Crippen MR) is 139 cm³/mol. The smallest absolute Gasteiger partial charge is 0.323 e. The molecule has 196 valence electrons. The number of rotatable bonds is 7. The number of para-hydroxylation sites is 1. The molecule has 0 bridgehead atoms. The minimum absolute atomic E-state index is 0.0260. The molecule has 3 N–H and O–H groups in total.